The topological polar surface area (TPSA) is 142 Å². The highest BCUT2D eigenvalue weighted by molar-refractivity contribution is 6.00. The standard InChI is InChI=1S/C32H31F4N5O5/c1-3-46-29-16(11-26(37)42)10-25(39-28(29)20-12-22(34)23(35)13-21(20)33)32(44,19-4-5-19)15-38-30(43)17-8-18-14-41(31(36)6-7-31)40-27(18)24(9-17)45-2/h8-10,12-14,19,44H,3-7,11,15H2,1-2H3,(H2,37,42)(H,38,43)/t32-/m1/s1. The number of amides is 2. The zero-order valence-corrected chi connectivity index (χ0v) is 25.0. The number of fused-ring (bicyclic) bond motifs is 1. The molecule has 10 nitrogen and oxygen atoms in total. The predicted octanol–water partition coefficient (Wildman–Crippen LogP) is 4.39. The fourth-order valence-electron chi connectivity index (χ4n) is 5.57. The van der Waals surface area contributed by atoms with Gasteiger partial charge in [-0.15, -0.1) is 0 Å². The van der Waals surface area contributed by atoms with Crippen molar-refractivity contribution >= 4 is 22.7 Å². The minimum Gasteiger partial charge on any atom is -0.494 e. The van der Waals surface area contributed by atoms with Gasteiger partial charge in [0.05, 0.1) is 32.4 Å². The SMILES string of the molecule is CCOc1c(CC(N)=O)cc([C@@](O)(CNC(=O)c2cc(OC)c3nn(C4(F)CC4)cc3c2)C2CC2)nc1-c1cc(F)c(F)cc1F. The van der Waals surface area contributed by atoms with E-state index in [0.29, 0.717) is 48.7 Å². The first-order valence-electron chi connectivity index (χ1n) is 14.7. The summed E-state index contributed by atoms with van der Waals surface area (Å²) in [5, 5.41) is 19.6. The number of aromatic nitrogens is 3. The first-order chi connectivity index (χ1) is 21.9. The number of ether oxygens (including phenoxy) is 2. The van der Waals surface area contributed by atoms with Crippen LogP contribution in [0.3, 0.4) is 0 Å². The van der Waals surface area contributed by atoms with Gasteiger partial charge in [-0.25, -0.2) is 27.2 Å². The minimum atomic E-state index is -1.83. The van der Waals surface area contributed by atoms with E-state index in [4.69, 9.17) is 15.2 Å². The van der Waals surface area contributed by atoms with Crippen molar-refractivity contribution < 1.29 is 41.7 Å². The van der Waals surface area contributed by atoms with Crippen LogP contribution in [0.15, 0.2) is 36.5 Å². The molecule has 2 aromatic carbocycles. The monoisotopic (exact) mass is 641 g/mol. The molecule has 242 valence electrons. The van der Waals surface area contributed by atoms with Crippen LogP contribution in [0.1, 0.15) is 54.2 Å². The zero-order valence-electron chi connectivity index (χ0n) is 25.0. The average Bonchev–Trinajstić information content (AvgIpc) is 3.95. The molecule has 2 aliphatic rings. The summed E-state index contributed by atoms with van der Waals surface area (Å²) in [5.74, 6) is -7.05. The van der Waals surface area contributed by atoms with Gasteiger partial charge >= 0.3 is 0 Å². The summed E-state index contributed by atoms with van der Waals surface area (Å²) in [7, 11) is 1.40. The van der Waals surface area contributed by atoms with Gasteiger partial charge in [0.1, 0.15) is 34.1 Å². The number of nitrogens with zero attached hydrogens (tertiary/aromatic N) is 3. The van der Waals surface area contributed by atoms with Crippen molar-refractivity contribution in [1.29, 1.82) is 0 Å². The molecule has 0 radical (unpaired) electrons. The number of aliphatic hydroxyl groups is 1. The zero-order chi connectivity index (χ0) is 33.0. The lowest BCUT2D eigenvalue weighted by Crippen LogP contribution is -2.43. The number of carbonyl (C=O) groups is 2. The number of carbonyl (C=O) groups excluding carboxylic acids is 2. The van der Waals surface area contributed by atoms with E-state index >= 15 is 4.39 Å². The normalized spacial score (nSPS) is 16.6. The van der Waals surface area contributed by atoms with Crippen LogP contribution in [0.4, 0.5) is 17.6 Å². The van der Waals surface area contributed by atoms with Crippen molar-refractivity contribution in [2.75, 3.05) is 20.3 Å². The van der Waals surface area contributed by atoms with Crippen LogP contribution < -0.4 is 20.5 Å². The Kier molecular flexibility index (Phi) is 7.87. The van der Waals surface area contributed by atoms with Crippen LogP contribution in [0, 0.1) is 23.4 Å². The Morgan fingerprint density at radius 3 is 2.48 bits per heavy atom. The number of rotatable bonds is 12. The molecular weight excluding hydrogens is 610 g/mol. The van der Waals surface area contributed by atoms with Gasteiger partial charge < -0.3 is 25.6 Å². The fraction of sp³-hybridized carbons (Fsp3) is 0.375. The van der Waals surface area contributed by atoms with Crippen molar-refractivity contribution in [1.82, 2.24) is 20.1 Å². The summed E-state index contributed by atoms with van der Waals surface area (Å²) < 4.78 is 70.2. The van der Waals surface area contributed by atoms with Gasteiger partial charge in [0, 0.05) is 47.2 Å². The van der Waals surface area contributed by atoms with Crippen molar-refractivity contribution in [2.24, 2.45) is 11.7 Å². The number of nitrogens with one attached hydrogen (secondary N) is 1. The number of methoxy groups -OCH3 is 1. The Hall–Kier alpha value is -4.72. The Morgan fingerprint density at radius 1 is 1.13 bits per heavy atom. The Morgan fingerprint density at radius 2 is 1.85 bits per heavy atom. The summed E-state index contributed by atoms with van der Waals surface area (Å²) in [6.45, 7) is 1.32. The average molecular weight is 642 g/mol. The number of nitrogens with two attached hydrogens (primary N) is 1. The maximum atomic E-state index is 15.1. The third-order valence-electron chi connectivity index (χ3n) is 8.31. The van der Waals surface area contributed by atoms with Crippen molar-refractivity contribution in [3.63, 3.8) is 0 Å². The lowest BCUT2D eigenvalue weighted by Gasteiger charge is -2.30. The molecule has 0 bridgehead atoms. The van der Waals surface area contributed by atoms with E-state index in [-0.39, 0.29) is 47.2 Å². The third-order valence-corrected chi connectivity index (χ3v) is 8.31. The molecule has 0 spiro atoms. The van der Waals surface area contributed by atoms with Crippen LogP contribution in [0.25, 0.3) is 22.2 Å². The molecule has 2 amide bonds. The number of primary amides is 1. The van der Waals surface area contributed by atoms with Crippen LogP contribution in [0.5, 0.6) is 11.5 Å². The molecular formula is C32H31F4N5O5. The molecule has 46 heavy (non-hydrogen) atoms. The summed E-state index contributed by atoms with van der Waals surface area (Å²) in [5.41, 5.74) is 3.54. The van der Waals surface area contributed by atoms with Crippen LogP contribution in [-0.2, 0) is 22.6 Å². The summed E-state index contributed by atoms with van der Waals surface area (Å²) in [6.07, 6.45) is 2.90. The molecule has 4 aromatic rings. The summed E-state index contributed by atoms with van der Waals surface area (Å²) >= 11 is 0. The van der Waals surface area contributed by atoms with Gasteiger partial charge in [-0.2, -0.15) is 5.10 Å². The summed E-state index contributed by atoms with van der Waals surface area (Å²) in [6, 6.07) is 5.35. The van der Waals surface area contributed by atoms with Gasteiger partial charge in [0.2, 0.25) is 11.7 Å². The number of pyridine rings is 1. The molecule has 4 N–H and O–H groups in total. The second-order valence-electron chi connectivity index (χ2n) is 11.7. The first kappa shape index (κ1) is 31.3. The first-order valence-corrected chi connectivity index (χ1v) is 14.7. The van der Waals surface area contributed by atoms with Crippen LogP contribution >= 0.6 is 0 Å². The molecule has 6 rings (SSSR count). The highest BCUT2D eigenvalue weighted by Gasteiger charge is 2.48. The van der Waals surface area contributed by atoms with Gasteiger partial charge in [0.25, 0.3) is 5.91 Å². The second-order valence-corrected chi connectivity index (χ2v) is 11.7. The Bertz CT molecular complexity index is 1870. The molecule has 1 atom stereocenters. The lowest BCUT2D eigenvalue weighted by atomic mass is 9.90. The van der Waals surface area contributed by atoms with E-state index in [9.17, 15) is 27.9 Å². The highest BCUT2D eigenvalue weighted by atomic mass is 19.2. The third kappa shape index (κ3) is 5.72. The van der Waals surface area contributed by atoms with E-state index in [1.54, 1.807) is 6.92 Å². The molecule has 2 saturated carbocycles. The molecule has 2 aromatic heterocycles. The number of hydrogen-bond acceptors (Lipinski definition) is 7. The Balaban J connectivity index is 1.38. The minimum absolute atomic E-state index is 0.0487. The van der Waals surface area contributed by atoms with Crippen LogP contribution in [-0.4, -0.2) is 51.9 Å². The fourth-order valence-corrected chi connectivity index (χ4v) is 5.57. The van der Waals surface area contributed by atoms with E-state index in [1.807, 2.05) is 0 Å². The molecule has 0 unspecified atom stereocenters. The van der Waals surface area contributed by atoms with Crippen molar-refractivity contribution in [3.8, 4) is 22.8 Å². The molecule has 14 heteroatoms. The number of alkyl halides is 1. The molecule has 0 aliphatic heterocycles. The predicted molar refractivity (Wildman–Crippen MR) is 157 cm³/mol. The van der Waals surface area contributed by atoms with E-state index in [2.05, 4.69) is 15.4 Å². The van der Waals surface area contributed by atoms with E-state index < -0.39 is 58.6 Å². The smallest absolute Gasteiger partial charge is 0.251 e. The van der Waals surface area contributed by atoms with Crippen LogP contribution in [0.2, 0.25) is 0 Å². The van der Waals surface area contributed by atoms with E-state index in [0.717, 1.165) is 0 Å². The molecule has 0 saturated heterocycles. The number of benzene rings is 2. The van der Waals surface area contributed by atoms with Gasteiger partial charge in [-0.3, -0.25) is 9.59 Å². The van der Waals surface area contributed by atoms with Crippen molar-refractivity contribution in [2.45, 2.75) is 50.4 Å². The quantitative estimate of drug-likeness (QED) is 0.154. The number of halogens is 4. The molecule has 2 heterocycles. The largest absolute Gasteiger partial charge is 0.494 e. The van der Waals surface area contributed by atoms with Gasteiger partial charge in [0.15, 0.2) is 11.6 Å². The maximum Gasteiger partial charge on any atom is 0.251 e. The summed E-state index contributed by atoms with van der Waals surface area (Å²) in [4.78, 5) is 29.9. The Labute approximate surface area is 260 Å². The van der Waals surface area contributed by atoms with Gasteiger partial charge in [-0.1, -0.05) is 0 Å². The lowest BCUT2D eigenvalue weighted by molar-refractivity contribution is -0.117. The van der Waals surface area contributed by atoms with Crippen molar-refractivity contribution in [3.05, 3.63) is 70.8 Å². The molecule has 2 aliphatic carbocycles. The highest BCUT2D eigenvalue weighted by Crippen LogP contribution is 2.48. The van der Waals surface area contributed by atoms with Gasteiger partial charge in [-0.05, 0) is 49.9 Å². The maximum absolute atomic E-state index is 15.1. The van der Waals surface area contributed by atoms with E-state index in [1.165, 1.54) is 36.2 Å². The molecule has 2 fully saturated rings. The second kappa shape index (κ2) is 11.6. The number of hydrogen-bond donors (Lipinski definition) is 3.